The summed E-state index contributed by atoms with van der Waals surface area (Å²) in [6.07, 6.45) is 0. The highest BCUT2D eigenvalue weighted by molar-refractivity contribution is 14.1. The first-order valence-corrected chi connectivity index (χ1v) is 9.06. The van der Waals surface area contributed by atoms with E-state index in [-0.39, 0.29) is 0 Å². The van der Waals surface area contributed by atoms with Gasteiger partial charge in [0.1, 0.15) is 0 Å². The lowest BCUT2D eigenvalue weighted by Gasteiger charge is -2.13. The van der Waals surface area contributed by atoms with Gasteiger partial charge in [0.05, 0.1) is 0 Å². The Morgan fingerprint density at radius 2 is 1.46 bits per heavy atom. The summed E-state index contributed by atoms with van der Waals surface area (Å²) in [5.41, 5.74) is 6.15. The summed E-state index contributed by atoms with van der Waals surface area (Å²) in [6, 6.07) is 25.8. The SMILES string of the molecule is CN(C)c1ccc(-c2ccc(CNc3cccc(I)c3)cc2)cc1. The van der Waals surface area contributed by atoms with Crippen molar-refractivity contribution in [2.24, 2.45) is 0 Å². The van der Waals surface area contributed by atoms with Crippen molar-refractivity contribution in [3.8, 4) is 11.1 Å². The smallest absolute Gasteiger partial charge is 0.0400 e. The van der Waals surface area contributed by atoms with Gasteiger partial charge in [0.25, 0.3) is 0 Å². The summed E-state index contributed by atoms with van der Waals surface area (Å²) in [5, 5.41) is 3.47. The van der Waals surface area contributed by atoms with E-state index in [1.807, 2.05) is 0 Å². The Bertz CT molecular complexity index is 793. The second kappa shape index (κ2) is 7.71. The third-order valence-corrected chi connectivity index (χ3v) is 4.66. The molecular weight excluding hydrogens is 407 g/mol. The van der Waals surface area contributed by atoms with Crippen LogP contribution in [0.2, 0.25) is 0 Å². The Hall–Kier alpha value is -2.01. The van der Waals surface area contributed by atoms with E-state index in [4.69, 9.17) is 0 Å². The van der Waals surface area contributed by atoms with E-state index in [9.17, 15) is 0 Å². The predicted octanol–water partition coefficient (Wildman–Crippen LogP) is 5.64. The molecule has 1 N–H and O–H groups in total. The normalized spacial score (nSPS) is 10.5. The molecule has 122 valence electrons. The van der Waals surface area contributed by atoms with Gasteiger partial charge in [-0.05, 0) is 69.6 Å². The van der Waals surface area contributed by atoms with Gasteiger partial charge >= 0.3 is 0 Å². The molecule has 3 heteroatoms. The molecule has 0 fully saturated rings. The van der Waals surface area contributed by atoms with Crippen LogP contribution < -0.4 is 10.2 Å². The van der Waals surface area contributed by atoms with Crippen LogP contribution in [0.4, 0.5) is 11.4 Å². The standard InChI is InChI=1S/C21H21IN2/c1-24(2)21-12-10-18(11-13-21)17-8-6-16(7-9-17)15-23-20-5-3-4-19(22)14-20/h3-14,23H,15H2,1-2H3. The monoisotopic (exact) mass is 428 g/mol. The van der Waals surface area contributed by atoms with Gasteiger partial charge in [0.2, 0.25) is 0 Å². The summed E-state index contributed by atoms with van der Waals surface area (Å²) >= 11 is 2.33. The first kappa shape index (κ1) is 16.8. The third-order valence-electron chi connectivity index (χ3n) is 3.99. The molecule has 0 heterocycles. The lowest BCUT2D eigenvalue weighted by molar-refractivity contribution is 1.13. The molecule has 3 aromatic rings. The zero-order valence-electron chi connectivity index (χ0n) is 14.0. The van der Waals surface area contributed by atoms with Crippen LogP contribution in [0, 0.1) is 3.57 Å². The minimum absolute atomic E-state index is 0.833. The zero-order chi connectivity index (χ0) is 16.9. The Balaban J connectivity index is 1.66. The van der Waals surface area contributed by atoms with Crippen LogP contribution in [0.3, 0.4) is 0 Å². The van der Waals surface area contributed by atoms with E-state index >= 15 is 0 Å². The van der Waals surface area contributed by atoms with E-state index in [0.717, 1.165) is 12.2 Å². The molecular formula is C21H21IN2. The lowest BCUT2D eigenvalue weighted by Crippen LogP contribution is -2.07. The van der Waals surface area contributed by atoms with Crippen LogP contribution in [0.5, 0.6) is 0 Å². The van der Waals surface area contributed by atoms with Gasteiger partial charge in [-0.2, -0.15) is 0 Å². The molecule has 0 amide bonds. The first-order chi connectivity index (χ1) is 11.6. The number of nitrogens with one attached hydrogen (secondary N) is 1. The number of nitrogens with zero attached hydrogens (tertiary/aromatic N) is 1. The highest BCUT2D eigenvalue weighted by Crippen LogP contribution is 2.23. The Kier molecular flexibility index (Phi) is 5.41. The van der Waals surface area contributed by atoms with E-state index in [1.165, 1.54) is 25.9 Å². The van der Waals surface area contributed by atoms with E-state index in [1.54, 1.807) is 0 Å². The minimum Gasteiger partial charge on any atom is -0.381 e. The van der Waals surface area contributed by atoms with Crippen molar-refractivity contribution in [2.75, 3.05) is 24.3 Å². The van der Waals surface area contributed by atoms with Crippen LogP contribution in [0.1, 0.15) is 5.56 Å². The average Bonchev–Trinajstić information content (AvgIpc) is 2.61. The molecule has 0 atom stereocenters. The summed E-state index contributed by atoms with van der Waals surface area (Å²) in [5.74, 6) is 0. The Morgan fingerprint density at radius 1 is 0.833 bits per heavy atom. The Labute approximate surface area is 157 Å². The molecule has 0 saturated carbocycles. The highest BCUT2D eigenvalue weighted by Gasteiger charge is 2.01. The maximum atomic E-state index is 3.47. The molecule has 0 aliphatic heterocycles. The van der Waals surface area contributed by atoms with Crippen molar-refractivity contribution < 1.29 is 0 Å². The summed E-state index contributed by atoms with van der Waals surface area (Å²) in [4.78, 5) is 2.11. The molecule has 0 aliphatic rings. The molecule has 0 spiro atoms. The van der Waals surface area contributed by atoms with Crippen molar-refractivity contribution in [1.29, 1.82) is 0 Å². The number of anilines is 2. The third kappa shape index (κ3) is 4.29. The van der Waals surface area contributed by atoms with Crippen molar-refractivity contribution in [1.82, 2.24) is 0 Å². The second-order valence-electron chi connectivity index (χ2n) is 6.00. The number of hydrogen-bond acceptors (Lipinski definition) is 2. The van der Waals surface area contributed by atoms with Crippen LogP contribution in [-0.4, -0.2) is 14.1 Å². The molecule has 0 bridgehead atoms. The number of benzene rings is 3. The maximum Gasteiger partial charge on any atom is 0.0400 e. The molecule has 24 heavy (non-hydrogen) atoms. The largest absolute Gasteiger partial charge is 0.381 e. The van der Waals surface area contributed by atoms with Gasteiger partial charge in [0.15, 0.2) is 0 Å². The van der Waals surface area contributed by atoms with Crippen molar-refractivity contribution >= 4 is 34.0 Å². The molecule has 0 aromatic heterocycles. The molecule has 3 rings (SSSR count). The summed E-state index contributed by atoms with van der Waals surface area (Å²) in [7, 11) is 4.12. The highest BCUT2D eigenvalue weighted by atomic mass is 127. The number of hydrogen-bond donors (Lipinski definition) is 1. The van der Waals surface area contributed by atoms with Crippen molar-refractivity contribution in [2.45, 2.75) is 6.54 Å². The Morgan fingerprint density at radius 3 is 2.04 bits per heavy atom. The average molecular weight is 428 g/mol. The molecule has 3 aromatic carbocycles. The first-order valence-electron chi connectivity index (χ1n) is 7.98. The quantitative estimate of drug-likeness (QED) is 0.530. The molecule has 0 unspecified atom stereocenters. The van der Waals surface area contributed by atoms with Gasteiger partial charge in [-0.3, -0.25) is 0 Å². The predicted molar refractivity (Wildman–Crippen MR) is 113 cm³/mol. The molecule has 2 nitrogen and oxygen atoms in total. The second-order valence-corrected chi connectivity index (χ2v) is 7.25. The topological polar surface area (TPSA) is 15.3 Å². The molecule has 0 saturated heterocycles. The van der Waals surface area contributed by atoms with E-state index < -0.39 is 0 Å². The fraction of sp³-hybridized carbons (Fsp3) is 0.143. The van der Waals surface area contributed by atoms with Crippen molar-refractivity contribution in [3.63, 3.8) is 0 Å². The molecule has 0 aliphatic carbocycles. The van der Waals surface area contributed by atoms with Crippen LogP contribution in [0.25, 0.3) is 11.1 Å². The number of rotatable bonds is 5. The van der Waals surface area contributed by atoms with Gasteiger partial charge in [0, 0.05) is 35.6 Å². The number of halogens is 1. The maximum absolute atomic E-state index is 3.47. The van der Waals surface area contributed by atoms with Gasteiger partial charge in [-0.15, -0.1) is 0 Å². The van der Waals surface area contributed by atoms with Gasteiger partial charge < -0.3 is 10.2 Å². The zero-order valence-corrected chi connectivity index (χ0v) is 16.1. The minimum atomic E-state index is 0.833. The van der Waals surface area contributed by atoms with E-state index in [2.05, 4.69) is 120 Å². The lowest BCUT2D eigenvalue weighted by atomic mass is 10.0. The summed E-state index contributed by atoms with van der Waals surface area (Å²) in [6.45, 7) is 0.833. The van der Waals surface area contributed by atoms with Crippen LogP contribution >= 0.6 is 22.6 Å². The van der Waals surface area contributed by atoms with Gasteiger partial charge in [-0.25, -0.2) is 0 Å². The van der Waals surface area contributed by atoms with Crippen LogP contribution in [-0.2, 0) is 6.54 Å². The van der Waals surface area contributed by atoms with Gasteiger partial charge in [-0.1, -0.05) is 42.5 Å². The van der Waals surface area contributed by atoms with E-state index in [0.29, 0.717) is 0 Å². The van der Waals surface area contributed by atoms with Crippen LogP contribution in [0.15, 0.2) is 72.8 Å². The molecule has 0 radical (unpaired) electrons. The fourth-order valence-electron chi connectivity index (χ4n) is 2.57. The fourth-order valence-corrected chi connectivity index (χ4v) is 3.11. The summed E-state index contributed by atoms with van der Waals surface area (Å²) < 4.78 is 1.24. The van der Waals surface area contributed by atoms with Crippen molar-refractivity contribution in [3.05, 3.63) is 81.9 Å².